The molecule has 1 heterocycles. The van der Waals surface area contributed by atoms with Gasteiger partial charge in [-0.15, -0.1) is 0 Å². The number of benzene rings is 2. The number of amides is 1. The summed E-state index contributed by atoms with van der Waals surface area (Å²) in [6, 6.07) is 15.4. The summed E-state index contributed by atoms with van der Waals surface area (Å²) >= 11 is 0. The fourth-order valence-electron chi connectivity index (χ4n) is 2.96. The van der Waals surface area contributed by atoms with Gasteiger partial charge in [0.1, 0.15) is 6.61 Å². The van der Waals surface area contributed by atoms with Gasteiger partial charge in [0.15, 0.2) is 0 Å². The molecule has 3 rings (SSSR count). The number of anilines is 2. The first-order chi connectivity index (χ1) is 12.2. The largest absolute Gasteiger partial charge is 0.444 e. The number of hydrogen-bond acceptors (Lipinski definition) is 5. The van der Waals surface area contributed by atoms with Crippen molar-refractivity contribution < 1.29 is 14.2 Å². The molecule has 0 bridgehead atoms. The van der Waals surface area contributed by atoms with Gasteiger partial charge in [-0.25, -0.2) is 4.79 Å². The molecule has 0 radical (unpaired) electrons. The molecule has 1 amide bonds. The molecule has 0 saturated carbocycles. The quantitative estimate of drug-likeness (QED) is 0.642. The van der Waals surface area contributed by atoms with Gasteiger partial charge in [-0.05, 0) is 29.7 Å². The summed E-state index contributed by atoms with van der Waals surface area (Å²) in [5.74, 6) is 0. The normalized spacial score (nSPS) is 16.2. The second-order valence-electron chi connectivity index (χ2n) is 6.08. The van der Waals surface area contributed by atoms with Crippen LogP contribution in [0.15, 0.2) is 48.5 Å². The highest BCUT2D eigenvalue weighted by Gasteiger charge is 2.29. The van der Waals surface area contributed by atoms with Crippen LogP contribution in [0.25, 0.3) is 0 Å². The smallest absolute Gasteiger partial charge is 0.414 e. The molecule has 0 aliphatic carbocycles. The lowest BCUT2D eigenvalue weighted by molar-refractivity contribution is 0.146. The van der Waals surface area contributed by atoms with Crippen LogP contribution in [-0.2, 0) is 22.4 Å². The van der Waals surface area contributed by atoms with E-state index in [2.05, 4.69) is 5.23 Å². The van der Waals surface area contributed by atoms with E-state index >= 15 is 0 Å². The number of carbonyl (C=O) groups excluding carboxylic acids is 1. The number of nitrogens with zero attached hydrogens (tertiary/aromatic N) is 1. The number of carbonyl (C=O) groups is 1. The Morgan fingerprint density at radius 1 is 1.32 bits per heavy atom. The van der Waals surface area contributed by atoms with Crippen molar-refractivity contribution in [2.24, 2.45) is 0 Å². The molecule has 3 N–H and O–H groups in total. The van der Waals surface area contributed by atoms with Crippen molar-refractivity contribution in [1.82, 2.24) is 5.23 Å². The van der Waals surface area contributed by atoms with E-state index < -0.39 is 0 Å². The summed E-state index contributed by atoms with van der Waals surface area (Å²) in [6.07, 6.45) is 0.432. The highest BCUT2D eigenvalue weighted by atomic mass is 16.6. The fourth-order valence-corrected chi connectivity index (χ4v) is 2.96. The minimum absolute atomic E-state index is 0.0975. The first-order valence-corrected chi connectivity index (χ1v) is 8.26. The van der Waals surface area contributed by atoms with Gasteiger partial charge in [-0.3, -0.25) is 4.90 Å². The molecule has 7 heteroatoms. The van der Waals surface area contributed by atoms with Crippen LogP contribution in [0.2, 0.25) is 0 Å². The van der Waals surface area contributed by atoms with E-state index in [1.165, 1.54) is 0 Å². The molecule has 6 nitrogen and oxygen atoms in total. The van der Waals surface area contributed by atoms with Gasteiger partial charge in [0.05, 0.1) is 5.69 Å². The number of ether oxygens (including phenoxy) is 1. The monoisotopic (exact) mass is 339 g/mol. The highest BCUT2D eigenvalue weighted by Crippen LogP contribution is 2.30. The summed E-state index contributed by atoms with van der Waals surface area (Å²) in [5.41, 5.74) is 9.37. The third-order valence-corrected chi connectivity index (χ3v) is 4.21. The van der Waals surface area contributed by atoms with Crippen molar-refractivity contribution in [2.45, 2.75) is 19.1 Å². The second-order valence-corrected chi connectivity index (χ2v) is 6.08. The maximum Gasteiger partial charge on any atom is 0.414 e. The lowest BCUT2D eigenvalue weighted by atomic mass is 9.96. The van der Waals surface area contributed by atoms with Crippen LogP contribution in [0.3, 0.4) is 0 Å². The van der Waals surface area contributed by atoms with Crippen LogP contribution >= 0.6 is 0 Å². The van der Waals surface area contributed by atoms with Gasteiger partial charge in [0, 0.05) is 25.4 Å². The maximum absolute atomic E-state index is 12.7. The highest BCUT2D eigenvalue weighted by molar-refractivity contribution is 6.23. The minimum Gasteiger partial charge on any atom is -0.444 e. The summed E-state index contributed by atoms with van der Waals surface area (Å²) < 4.78 is 10.6. The molecule has 0 saturated heterocycles. The summed E-state index contributed by atoms with van der Waals surface area (Å²) in [4.78, 5) is 14.3. The Hall–Kier alpha value is -2.51. The average molecular weight is 339 g/mol. The van der Waals surface area contributed by atoms with E-state index in [-0.39, 0.29) is 18.7 Å². The Morgan fingerprint density at radius 3 is 2.88 bits per heavy atom. The van der Waals surface area contributed by atoms with Crippen molar-refractivity contribution in [3.8, 4) is 0 Å². The molecule has 2 aromatic carbocycles. The topological polar surface area (TPSA) is 76.8 Å². The zero-order valence-electron chi connectivity index (χ0n) is 14.3. The molecule has 1 aliphatic rings. The van der Waals surface area contributed by atoms with Crippen molar-refractivity contribution >= 4 is 25.1 Å². The Bertz CT molecular complexity index is 727. The Kier molecular flexibility index (Phi) is 5.58. The summed E-state index contributed by atoms with van der Waals surface area (Å²) in [5, 5.41) is 3.28. The van der Waals surface area contributed by atoms with E-state index in [4.69, 9.17) is 15.1 Å². The number of rotatable bonds is 5. The van der Waals surface area contributed by atoms with Crippen molar-refractivity contribution in [3.05, 3.63) is 59.7 Å². The average Bonchev–Trinajstić information content (AvgIpc) is 2.64. The third-order valence-electron chi connectivity index (χ3n) is 4.21. The molecule has 0 spiro atoms. The van der Waals surface area contributed by atoms with Crippen LogP contribution < -0.4 is 15.9 Å². The minimum atomic E-state index is -0.375. The van der Waals surface area contributed by atoms with Crippen molar-refractivity contribution in [1.29, 1.82) is 0 Å². The zero-order valence-corrected chi connectivity index (χ0v) is 14.3. The maximum atomic E-state index is 12.7. The second kappa shape index (κ2) is 8.05. The molecule has 1 aliphatic heterocycles. The first kappa shape index (κ1) is 17.3. The summed E-state index contributed by atoms with van der Waals surface area (Å²) in [6.45, 7) is 0.747. The molecule has 1 atom stereocenters. The first-order valence-electron chi connectivity index (χ1n) is 8.26. The fraction of sp³-hybridized carbons (Fsp3) is 0.278. The van der Waals surface area contributed by atoms with E-state index in [9.17, 15) is 4.79 Å². The standard InChI is InChI=1S/C18H22BN3O3/c1-24-19-21-16-9-14-7-8-15(20)10-17(14)22(11-16)18(23)25-12-13-5-3-2-4-6-13/h2-8,10,16,19,21H,9,11-12,20H2,1H3. The predicted octanol–water partition coefficient (Wildman–Crippen LogP) is 1.84. The van der Waals surface area contributed by atoms with Gasteiger partial charge in [-0.1, -0.05) is 36.4 Å². The van der Waals surface area contributed by atoms with Gasteiger partial charge < -0.3 is 20.4 Å². The molecule has 130 valence electrons. The number of nitrogens with one attached hydrogen (secondary N) is 1. The molecular weight excluding hydrogens is 317 g/mol. The number of nitrogens with two attached hydrogens (primary N) is 1. The predicted molar refractivity (Wildman–Crippen MR) is 99.6 cm³/mol. The lowest BCUT2D eigenvalue weighted by Gasteiger charge is -2.34. The van der Waals surface area contributed by atoms with E-state index in [0.717, 1.165) is 23.2 Å². The lowest BCUT2D eigenvalue weighted by Crippen LogP contribution is -2.50. The Labute approximate surface area is 148 Å². The van der Waals surface area contributed by atoms with Crippen LogP contribution in [0, 0.1) is 0 Å². The Morgan fingerprint density at radius 2 is 2.12 bits per heavy atom. The Balaban J connectivity index is 1.75. The van der Waals surface area contributed by atoms with E-state index in [1.54, 1.807) is 12.0 Å². The molecular formula is C18H22BN3O3. The SMILES string of the molecule is COBNC1Cc2ccc(N)cc2N(C(=O)OCc2ccccc2)C1. The number of hydrogen-bond donors (Lipinski definition) is 2. The number of fused-ring (bicyclic) bond motifs is 1. The molecule has 2 aromatic rings. The third kappa shape index (κ3) is 4.32. The van der Waals surface area contributed by atoms with Gasteiger partial charge >= 0.3 is 13.7 Å². The number of nitrogen functional groups attached to an aromatic ring is 1. The van der Waals surface area contributed by atoms with Crippen LogP contribution in [0.5, 0.6) is 0 Å². The summed E-state index contributed by atoms with van der Waals surface area (Å²) in [7, 11) is 2.07. The molecule has 0 aromatic heterocycles. The van der Waals surface area contributed by atoms with Crippen LogP contribution in [-0.4, -0.2) is 33.4 Å². The van der Waals surface area contributed by atoms with Crippen LogP contribution in [0.4, 0.5) is 16.2 Å². The van der Waals surface area contributed by atoms with Crippen LogP contribution in [0.1, 0.15) is 11.1 Å². The van der Waals surface area contributed by atoms with E-state index in [1.807, 2.05) is 48.5 Å². The zero-order chi connectivity index (χ0) is 17.6. The molecule has 0 fully saturated rings. The van der Waals surface area contributed by atoms with Gasteiger partial charge in [0.2, 0.25) is 0 Å². The van der Waals surface area contributed by atoms with Crippen molar-refractivity contribution in [2.75, 3.05) is 24.3 Å². The molecule has 25 heavy (non-hydrogen) atoms. The molecule has 1 unspecified atom stereocenters. The van der Waals surface area contributed by atoms with Crippen molar-refractivity contribution in [3.63, 3.8) is 0 Å². The van der Waals surface area contributed by atoms with Gasteiger partial charge in [-0.2, -0.15) is 0 Å². The van der Waals surface area contributed by atoms with Gasteiger partial charge in [0.25, 0.3) is 0 Å². The van der Waals surface area contributed by atoms with E-state index in [0.29, 0.717) is 19.8 Å².